The fourth-order valence-electron chi connectivity index (χ4n) is 2.18. The molecular weight excluding hydrogens is 222 g/mol. The zero-order valence-electron chi connectivity index (χ0n) is 8.95. The summed E-state index contributed by atoms with van der Waals surface area (Å²) in [6, 6.07) is 6.00. The molecule has 4 heteroatoms. The number of benzene rings is 1. The molecule has 1 aliphatic rings. The zero-order valence-corrected chi connectivity index (χ0v) is 8.95. The van der Waals surface area contributed by atoms with E-state index in [1.54, 1.807) is 12.4 Å². The zero-order chi connectivity index (χ0) is 11.8. The number of fused-ring (bicyclic) bond motifs is 1. The van der Waals surface area contributed by atoms with Crippen molar-refractivity contribution >= 4 is 5.69 Å². The van der Waals surface area contributed by atoms with Gasteiger partial charge in [-0.2, -0.15) is 0 Å². The Morgan fingerprint density at radius 3 is 2.94 bits per heavy atom. The summed E-state index contributed by atoms with van der Waals surface area (Å²) in [7, 11) is 0. The topological polar surface area (TPSA) is 24.9 Å². The van der Waals surface area contributed by atoms with Gasteiger partial charge in [0.25, 0.3) is 0 Å². The summed E-state index contributed by atoms with van der Waals surface area (Å²) < 4.78 is 26.6. The van der Waals surface area contributed by atoms with Crippen molar-refractivity contribution in [3.8, 4) is 0 Å². The Hall–Kier alpha value is -1.97. The Labute approximate surface area is 97.3 Å². The number of nitrogens with zero attached hydrogens (tertiary/aromatic N) is 1. The van der Waals surface area contributed by atoms with Crippen LogP contribution in [0.15, 0.2) is 36.7 Å². The first-order chi connectivity index (χ1) is 8.24. The molecule has 0 spiro atoms. The molecule has 1 aromatic heterocycles. The molecule has 2 nitrogen and oxygen atoms in total. The van der Waals surface area contributed by atoms with E-state index in [1.165, 1.54) is 6.07 Å². The Morgan fingerprint density at radius 1 is 1.29 bits per heavy atom. The molecule has 0 fully saturated rings. The minimum absolute atomic E-state index is 0.0324. The molecule has 2 heterocycles. The van der Waals surface area contributed by atoms with Crippen molar-refractivity contribution in [2.75, 3.05) is 5.32 Å². The fourth-order valence-corrected chi connectivity index (χ4v) is 2.18. The molecular formula is C13H10F2N2. The maximum atomic E-state index is 13.5. The van der Waals surface area contributed by atoms with Gasteiger partial charge in [-0.15, -0.1) is 0 Å². The summed E-state index contributed by atoms with van der Waals surface area (Å²) in [6.45, 7) is 0. The predicted molar refractivity (Wildman–Crippen MR) is 60.7 cm³/mol. The standard InChI is InChI=1S/C13H10F2N2/c14-10-4-9-5-12(8-2-1-3-16-7-8)17-13(9)11(15)6-10/h1-4,6-7,12,17H,5H2. The number of halogens is 2. The SMILES string of the molecule is Fc1cc(F)c2c(c1)CC(c1cccnc1)N2. The second-order valence-corrected chi connectivity index (χ2v) is 4.11. The molecule has 2 aromatic rings. The number of nitrogens with one attached hydrogen (secondary N) is 1. The highest BCUT2D eigenvalue weighted by molar-refractivity contribution is 5.59. The largest absolute Gasteiger partial charge is 0.375 e. The predicted octanol–water partition coefficient (Wildman–Crippen LogP) is 3.07. The van der Waals surface area contributed by atoms with Crippen LogP contribution in [-0.4, -0.2) is 4.98 Å². The van der Waals surface area contributed by atoms with Gasteiger partial charge in [0.1, 0.15) is 11.6 Å². The molecule has 0 bridgehead atoms. The lowest BCUT2D eigenvalue weighted by molar-refractivity contribution is 0.585. The van der Waals surface area contributed by atoms with Gasteiger partial charge in [0.05, 0.1) is 11.7 Å². The number of hydrogen-bond acceptors (Lipinski definition) is 2. The maximum Gasteiger partial charge on any atom is 0.149 e. The molecule has 1 atom stereocenters. The van der Waals surface area contributed by atoms with Crippen molar-refractivity contribution in [1.82, 2.24) is 4.98 Å². The van der Waals surface area contributed by atoms with Gasteiger partial charge in [0, 0.05) is 18.5 Å². The molecule has 0 radical (unpaired) electrons. The first kappa shape index (κ1) is 10.2. The van der Waals surface area contributed by atoms with Crippen LogP contribution in [0.1, 0.15) is 17.2 Å². The Kier molecular flexibility index (Phi) is 2.28. The smallest absolute Gasteiger partial charge is 0.149 e. The van der Waals surface area contributed by atoms with Crippen LogP contribution in [-0.2, 0) is 6.42 Å². The van der Waals surface area contributed by atoms with Crippen molar-refractivity contribution in [3.05, 3.63) is 59.4 Å². The average Bonchev–Trinajstić information content (AvgIpc) is 2.74. The van der Waals surface area contributed by atoms with Gasteiger partial charge in [-0.1, -0.05) is 6.07 Å². The minimum atomic E-state index is -0.536. The van der Waals surface area contributed by atoms with Crippen LogP contribution in [0.2, 0.25) is 0 Å². The third-order valence-corrected chi connectivity index (χ3v) is 2.97. The quantitative estimate of drug-likeness (QED) is 0.817. The highest BCUT2D eigenvalue weighted by Crippen LogP contribution is 2.36. The lowest BCUT2D eigenvalue weighted by atomic mass is 10.0. The Bertz CT molecular complexity index is 555. The number of aromatic nitrogens is 1. The monoisotopic (exact) mass is 232 g/mol. The molecule has 0 saturated heterocycles. The van der Waals surface area contributed by atoms with Gasteiger partial charge in [0.2, 0.25) is 0 Å². The third-order valence-electron chi connectivity index (χ3n) is 2.97. The van der Waals surface area contributed by atoms with E-state index in [4.69, 9.17) is 0 Å². The van der Waals surface area contributed by atoms with E-state index in [9.17, 15) is 8.78 Å². The summed E-state index contributed by atoms with van der Waals surface area (Å²) in [5, 5.41) is 3.06. The second kappa shape index (κ2) is 3.80. The molecule has 1 aromatic carbocycles. The normalized spacial score (nSPS) is 17.6. The molecule has 1 unspecified atom stereocenters. The highest BCUT2D eigenvalue weighted by Gasteiger charge is 2.25. The van der Waals surface area contributed by atoms with E-state index in [-0.39, 0.29) is 6.04 Å². The summed E-state index contributed by atoms with van der Waals surface area (Å²) in [4.78, 5) is 4.02. The number of pyridine rings is 1. The molecule has 86 valence electrons. The lowest BCUT2D eigenvalue weighted by Gasteiger charge is -2.10. The van der Waals surface area contributed by atoms with Gasteiger partial charge in [-0.3, -0.25) is 4.98 Å². The highest BCUT2D eigenvalue weighted by atomic mass is 19.1. The van der Waals surface area contributed by atoms with Crippen LogP contribution >= 0.6 is 0 Å². The van der Waals surface area contributed by atoms with Gasteiger partial charge in [0.15, 0.2) is 0 Å². The van der Waals surface area contributed by atoms with E-state index in [1.807, 2.05) is 12.1 Å². The van der Waals surface area contributed by atoms with Crippen LogP contribution in [0.3, 0.4) is 0 Å². The van der Waals surface area contributed by atoms with Crippen molar-refractivity contribution in [2.45, 2.75) is 12.5 Å². The van der Waals surface area contributed by atoms with Crippen LogP contribution in [0, 0.1) is 11.6 Å². The second-order valence-electron chi connectivity index (χ2n) is 4.11. The number of anilines is 1. The molecule has 1 N–H and O–H groups in total. The summed E-state index contributed by atoms with van der Waals surface area (Å²) in [5.41, 5.74) is 2.06. The van der Waals surface area contributed by atoms with Crippen molar-refractivity contribution < 1.29 is 8.78 Å². The van der Waals surface area contributed by atoms with Gasteiger partial charge in [-0.25, -0.2) is 8.78 Å². The summed E-state index contributed by atoms with van der Waals surface area (Å²) >= 11 is 0. The molecule has 17 heavy (non-hydrogen) atoms. The van der Waals surface area contributed by atoms with E-state index < -0.39 is 11.6 Å². The molecule has 0 amide bonds. The first-order valence-electron chi connectivity index (χ1n) is 5.38. The van der Waals surface area contributed by atoms with Gasteiger partial charge < -0.3 is 5.32 Å². The van der Waals surface area contributed by atoms with Crippen LogP contribution in [0.4, 0.5) is 14.5 Å². The van der Waals surface area contributed by atoms with E-state index >= 15 is 0 Å². The third kappa shape index (κ3) is 1.75. The molecule has 1 aliphatic heterocycles. The fraction of sp³-hybridized carbons (Fsp3) is 0.154. The van der Waals surface area contributed by atoms with Crippen molar-refractivity contribution in [3.63, 3.8) is 0 Å². The van der Waals surface area contributed by atoms with Crippen LogP contribution in [0.25, 0.3) is 0 Å². The molecule has 0 aliphatic carbocycles. The summed E-state index contributed by atoms with van der Waals surface area (Å²) in [6.07, 6.45) is 4.00. The number of hydrogen-bond donors (Lipinski definition) is 1. The average molecular weight is 232 g/mol. The minimum Gasteiger partial charge on any atom is -0.375 e. The van der Waals surface area contributed by atoms with E-state index in [2.05, 4.69) is 10.3 Å². The van der Waals surface area contributed by atoms with Crippen LogP contribution < -0.4 is 5.32 Å². The number of rotatable bonds is 1. The van der Waals surface area contributed by atoms with Crippen molar-refractivity contribution in [1.29, 1.82) is 0 Å². The van der Waals surface area contributed by atoms with Crippen LogP contribution in [0.5, 0.6) is 0 Å². The van der Waals surface area contributed by atoms with Gasteiger partial charge >= 0.3 is 0 Å². The maximum absolute atomic E-state index is 13.5. The molecule has 0 saturated carbocycles. The first-order valence-corrected chi connectivity index (χ1v) is 5.38. The van der Waals surface area contributed by atoms with Gasteiger partial charge in [-0.05, 0) is 29.7 Å². The Balaban J connectivity index is 1.96. The van der Waals surface area contributed by atoms with Crippen molar-refractivity contribution in [2.24, 2.45) is 0 Å². The molecule has 3 rings (SSSR count). The summed E-state index contributed by atoms with van der Waals surface area (Å²) in [5.74, 6) is -1.07. The van der Waals surface area contributed by atoms with E-state index in [0.717, 1.165) is 11.6 Å². The Morgan fingerprint density at radius 2 is 2.18 bits per heavy atom. The van der Waals surface area contributed by atoms with E-state index in [0.29, 0.717) is 17.7 Å². The lowest BCUT2D eigenvalue weighted by Crippen LogP contribution is -2.06.